The molecule has 4 rings (SSSR count). The summed E-state index contributed by atoms with van der Waals surface area (Å²) in [5.74, 6) is 2.31. The Morgan fingerprint density at radius 2 is 2.17 bits per heavy atom. The van der Waals surface area contributed by atoms with Crippen molar-refractivity contribution in [1.29, 1.82) is 0 Å². The van der Waals surface area contributed by atoms with Crippen LogP contribution in [-0.4, -0.2) is 36.4 Å². The summed E-state index contributed by atoms with van der Waals surface area (Å²) in [5.41, 5.74) is 2.20. The van der Waals surface area contributed by atoms with Crippen LogP contribution in [-0.2, 0) is 4.74 Å². The molecule has 0 saturated carbocycles. The van der Waals surface area contributed by atoms with Gasteiger partial charge in [-0.3, -0.25) is 4.79 Å². The Morgan fingerprint density at radius 3 is 2.93 bits per heavy atom. The van der Waals surface area contributed by atoms with Gasteiger partial charge in [0, 0.05) is 42.4 Å². The smallest absolute Gasteiger partial charge is 0.257 e. The standard InChI is InChI=1S/C21H23Cl2N3O2S/c1-13-12-28-5-3-17(13)14-7-15(22)9-16(8-14)25-21(27)18-10-20(24-11-19(18)23)26-4-2-6-29-26/h7-11,13,17H,2-6,12H2,1H3,(H,25,27). The number of benzene rings is 1. The number of rotatable bonds is 4. The average molecular weight is 452 g/mol. The molecule has 1 N–H and O–H groups in total. The quantitative estimate of drug-likeness (QED) is 0.609. The fraction of sp³-hybridized carbons (Fsp3) is 0.429. The van der Waals surface area contributed by atoms with E-state index in [1.165, 1.54) is 6.20 Å². The minimum absolute atomic E-state index is 0.268. The van der Waals surface area contributed by atoms with Crippen LogP contribution in [0.5, 0.6) is 0 Å². The van der Waals surface area contributed by atoms with Gasteiger partial charge in [0.25, 0.3) is 5.91 Å². The molecule has 2 aliphatic heterocycles. The van der Waals surface area contributed by atoms with Gasteiger partial charge in [0.2, 0.25) is 0 Å². The molecule has 2 aromatic rings. The van der Waals surface area contributed by atoms with E-state index in [1.807, 2.05) is 12.1 Å². The van der Waals surface area contributed by atoms with E-state index in [4.69, 9.17) is 27.9 Å². The van der Waals surface area contributed by atoms with E-state index < -0.39 is 0 Å². The largest absolute Gasteiger partial charge is 0.381 e. The van der Waals surface area contributed by atoms with Gasteiger partial charge in [0.05, 0.1) is 10.6 Å². The third-order valence-electron chi connectivity index (χ3n) is 5.34. The highest BCUT2D eigenvalue weighted by Gasteiger charge is 2.25. The zero-order valence-corrected chi connectivity index (χ0v) is 18.5. The fourth-order valence-electron chi connectivity index (χ4n) is 3.84. The average Bonchev–Trinajstić information content (AvgIpc) is 3.23. The van der Waals surface area contributed by atoms with Crippen molar-refractivity contribution < 1.29 is 9.53 Å². The summed E-state index contributed by atoms with van der Waals surface area (Å²) in [5, 5.41) is 3.89. The molecule has 154 valence electrons. The molecule has 2 saturated heterocycles. The predicted octanol–water partition coefficient (Wildman–Crippen LogP) is 5.64. The summed E-state index contributed by atoms with van der Waals surface area (Å²) in [7, 11) is 0. The van der Waals surface area contributed by atoms with Gasteiger partial charge in [-0.25, -0.2) is 4.98 Å². The van der Waals surface area contributed by atoms with Crippen molar-refractivity contribution in [2.45, 2.75) is 25.7 Å². The second-order valence-electron chi connectivity index (χ2n) is 7.49. The van der Waals surface area contributed by atoms with E-state index in [1.54, 1.807) is 24.1 Å². The summed E-state index contributed by atoms with van der Waals surface area (Å²) in [6.07, 6.45) is 3.59. The molecule has 8 heteroatoms. The lowest BCUT2D eigenvalue weighted by molar-refractivity contribution is 0.0473. The van der Waals surface area contributed by atoms with Crippen molar-refractivity contribution in [1.82, 2.24) is 4.98 Å². The second-order valence-corrected chi connectivity index (χ2v) is 9.44. The highest BCUT2D eigenvalue weighted by Crippen LogP contribution is 2.35. The summed E-state index contributed by atoms with van der Waals surface area (Å²) < 4.78 is 7.65. The first-order valence-electron chi connectivity index (χ1n) is 9.77. The Bertz CT molecular complexity index is 905. The van der Waals surface area contributed by atoms with E-state index in [0.29, 0.717) is 33.1 Å². The lowest BCUT2D eigenvalue weighted by Crippen LogP contribution is -2.23. The van der Waals surface area contributed by atoms with Crippen LogP contribution >= 0.6 is 35.1 Å². The number of anilines is 2. The molecule has 2 atom stereocenters. The molecule has 1 aromatic heterocycles. The van der Waals surface area contributed by atoms with Crippen LogP contribution in [0.2, 0.25) is 10.0 Å². The molecule has 0 bridgehead atoms. The Balaban J connectivity index is 1.56. The second kappa shape index (κ2) is 9.13. The number of carbonyl (C=O) groups is 1. The van der Waals surface area contributed by atoms with Crippen LogP contribution in [0.1, 0.15) is 41.6 Å². The highest BCUT2D eigenvalue weighted by molar-refractivity contribution is 8.00. The third kappa shape index (κ3) is 4.82. The van der Waals surface area contributed by atoms with Crippen LogP contribution in [0.4, 0.5) is 11.5 Å². The monoisotopic (exact) mass is 451 g/mol. The molecule has 2 unspecified atom stereocenters. The lowest BCUT2D eigenvalue weighted by Gasteiger charge is -2.29. The number of ether oxygens (including phenoxy) is 1. The van der Waals surface area contributed by atoms with E-state index in [-0.39, 0.29) is 5.91 Å². The molecule has 0 radical (unpaired) electrons. The number of aromatic nitrogens is 1. The molecule has 0 spiro atoms. The Hall–Kier alpha value is -1.47. The molecule has 29 heavy (non-hydrogen) atoms. The molecule has 0 aliphatic carbocycles. The van der Waals surface area contributed by atoms with Crippen molar-refractivity contribution >= 4 is 52.6 Å². The van der Waals surface area contributed by atoms with Gasteiger partial charge in [-0.1, -0.05) is 30.1 Å². The highest BCUT2D eigenvalue weighted by atomic mass is 35.5. The number of nitrogens with one attached hydrogen (secondary N) is 1. The maximum Gasteiger partial charge on any atom is 0.257 e. The van der Waals surface area contributed by atoms with Gasteiger partial charge in [-0.05, 0) is 66.5 Å². The maximum absolute atomic E-state index is 13.0. The first-order chi connectivity index (χ1) is 14.0. The first kappa shape index (κ1) is 20.8. The minimum Gasteiger partial charge on any atom is -0.381 e. The van der Waals surface area contributed by atoms with Crippen molar-refractivity contribution in [3.63, 3.8) is 0 Å². The number of carbonyl (C=O) groups excluding carboxylic acids is 1. The zero-order valence-electron chi connectivity index (χ0n) is 16.2. The van der Waals surface area contributed by atoms with Gasteiger partial charge < -0.3 is 14.4 Å². The van der Waals surface area contributed by atoms with E-state index in [9.17, 15) is 4.79 Å². The van der Waals surface area contributed by atoms with E-state index in [0.717, 1.165) is 49.7 Å². The Morgan fingerprint density at radius 1 is 1.31 bits per heavy atom. The Labute approximate surface area is 185 Å². The van der Waals surface area contributed by atoms with Gasteiger partial charge in [-0.2, -0.15) is 0 Å². The van der Waals surface area contributed by atoms with Gasteiger partial charge in [0.15, 0.2) is 0 Å². The number of nitrogens with zero attached hydrogens (tertiary/aromatic N) is 2. The van der Waals surface area contributed by atoms with Gasteiger partial charge >= 0.3 is 0 Å². The van der Waals surface area contributed by atoms with Crippen LogP contribution in [0.15, 0.2) is 30.5 Å². The van der Waals surface area contributed by atoms with Gasteiger partial charge in [0.1, 0.15) is 5.82 Å². The molecule has 3 heterocycles. The lowest BCUT2D eigenvalue weighted by atomic mass is 9.84. The van der Waals surface area contributed by atoms with Crippen molar-refractivity contribution in [3.8, 4) is 0 Å². The summed E-state index contributed by atoms with van der Waals surface area (Å²) in [6, 6.07) is 7.50. The first-order valence-corrected chi connectivity index (χ1v) is 11.5. The molecule has 2 aliphatic rings. The van der Waals surface area contributed by atoms with Crippen LogP contribution in [0.25, 0.3) is 0 Å². The maximum atomic E-state index is 13.0. The molecule has 2 fully saturated rings. The Kier molecular flexibility index (Phi) is 6.54. The van der Waals surface area contributed by atoms with E-state index in [2.05, 4.69) is 21.5 Å². The zero-order chi connectivity index (χ0) is 20.4. The SMILES string of the molecule is CC1COCCC1c1cc(Cl)cc(NC(=O)c2cc(N3CCCS3)ncc2Cl)c1. The number of pyridine rings is 1. The van der Waals surface area contributed by atoms with Crippen LogP contribution in [0.3, 0.4) is 0 Å². The molecular weight excluding hydrogens is 429 g/mol. The third-order valence-corrected chi connectivity index (χ3v) is 7.01. The summed E-state index contributed by atoms with van der Waals surface area (Å²) in [4.78, 5) is 17.3. The fourth-order valence-corrected chi connectivity index (χ4v) is 5.24. The van der Waals surface area contributed by atoms with Crippen molar-refractivity contribution in [2.75, 3.05) is 35.1 Å². The van der Waals surface area contributed by atoms with Crippen LogP contribution in [0, 0.1) is 5.92 Å². The predicted molar refractivity (Wildman–Crippen MR) is 120 cm³/mol. The number of halogens is 2. The molecule has 1 aromatic carbocycles. The number of amides is 1. The van der Waals surface area contributed by atoms with Gasteiger partial charge in [-0.15, -0.1) is 0 Å². The molecular formula is C21H23Cl2N3O2S. The summed E-state index contributed by atoms with van der Waals surface area (Å²) >= 11 is 14.4. The van der Waals surface area contributed by atoms with Crippen molar-refractivity contribution in [3.05, 3.63) is 51.6 Å². The van der Waals surface area contributed by atoms with Crippen molar-refractivity contribution in [2.24, 2.45) is 5.92 Å². The number of hydrogen-bond acceptors (Lipinski definition) is 5. The number of hydrogen-bond donors (Lipinski definition) is 1. The van der Waals surface area contributed by atoms with Crippen LogP contribution < -0.4 is 9.62 Å². The van der Waals surface area contributed by atoms with E-state index >= 15 is 0 Å². The molecule has 1 amide bonds. The summed E-state index contributed by atoms with van der Waals surface area (Å²) in [6.45, 7) is 4.58. The minimum atomic E-state index is -0.268. The topological polar surface area (TPSA) is 54.5 Å². The normalized spacial score (nSPS) is 22.0. The molecule has 5 nitrogen and oxygen atoms in total.